The van der Waals surface area contributed by atoms with Crippen LogP contribution in [0.25, 0.3) is 0 Å². The summed E-state index contributed by atoms with van der Waals surface area (Å²) in [6.45, 7) is 3.06. The van der Waals surface area contributed by atoms with Crippen LogP contribution in [-0.2, 0) is 0 Å². The maximum absolute atomic E-state index is 10.8. The van der Waals surface area contributed by atoms with Crippen molar-refractivity contribution in [1.82, 2.24) is 0 Å². The molecule has 2 aromatic rings. The summed E-state index contributed by atoms with van der Waals surface area (Å²) in [6.07, 6.45) is 0. The van der Waals surface area contributed by atoms with E-state index in [0.717, 1.165) is 37.6 Å². The van der Waals surface area contributed by atoms with Crippen LogP contribution >= 0.6 is 11.6 Å². The summed E-state index contributed by atoms with van der Waals surface area (Å²) in [4.78, 5) is 14.7. The third kappa shape index (κ3) is 3.26. The van der Waals surface area contributed by atoms with Crippen molar-refractivity contribution in [2.24, 2.45) is 0 Å². The number of piperazine rings is 1. The summed E-state index contributed by atoms with van der Waals surface area (Å²) >= 11 is 6.04. The maximum atomic E-state index is 10.8. The van der Waals surface area contributed by atoms with Gasteiger partial charge in [0.05, 0.1) is 16.2 Å². The van der Waals surface area contributed by atoms with E-state index in [-0.39, 0.29) is 5.69 Å². The summed E-state index contributed by atoms with van der Waals surface area (Å²) in [5.41, 5.74) is 2.09. The Morgan fingerprint density at radius 2 is 1.79 bits per heavy atom. The third-order valence-electron chi connectivity index (χ3n) is 4.11. The van der Waals surface area contributed by atoms with Gasteiger partial charge in [0.25, 0.3) is 5.69 Å². The molecule has 0 aliphatic carbocycles. The number of nitro groups is 1. The predicted octanol–water partition coefficient (Wildman–Crippen LogP) is 3.45. The lowest BCUT2D eigenvalue weighted by molar-refractivity contribution is -0.384. The van der Waals surface area contributed by atoms with E-state index in [4.69, 9.17) is 11.6 Å². The van der Waals surface area contributed by atoms with Crippen LogP contribution in [0.4, 0.5) is 17.1 Å². The molecule has 1 aliphatic rings. The molecule has 122 valence electrons. The lowest BCUT2D eigenvalue weighted by Gasteiger charge is -2.37. The second-order valence-corrected chi connectivity index (χ2v) is 5.96. The molecule has 0 saturated carbocycles. The second-order valence-electron chi connectivity index (χ2n) is 5.52. The minimum absolute atomic E-state index is 0.0622. The van der Waals surface area contributed by atoms with Crippen LogP contribution in [0, 0.1) is 21.4 Å². The molecule has 0 bridgehead atoms. The molecule has 0 N–H and O–H groups in total. The lowest BCUT2D eigenvalue weighted by Crippen LogP contribution is -2.46. The Hall–Kier alpha value is -2.78. The number of non-ortho nitro benzene ring substituents is 1. The highest BCUT2D eigenvalue weighted by molar-refractivity contribution is 6.30. The minimum atomic E-state index is -0.484. The van der Waals surface area contributed by atoms with E-state index in [9.17, 15) is 15.4 Å². The quantitative estimate of drug-likeness (QED) is 0.631. The Morgan fingerprint density at radius 1 is 1.08 bits per heavy atom. The zero-order chi connectivity index (χ0) is 17.1. The predicted molar refractivity (Wildman–Crippen MR) is 93.7 cm³/mol. The van der Waals surface area contributed by atoms with Crippen LogP contribution in [0.3, 0.4) is 0 Å². The van der Waals surface area contributed by atoms with Crippen molar-refractivity contribution in [2.75, 3.05) is 36.0 Å². The van der Waals surface area contributed by atoms with Gasteiger partial charge in [0, 0.05) is 49.0 Å². The Labute approximate surface area is 144 Å². The Kier molecular flexibility index (Phi) is 4.54. The first-order valence-electron chi connectivity index (χ1n) is 7.52. The average Bonchev–Trinajstić information content (AvgIpc) is 2.61. The molecule has 1 aliphatic heterocycles. The van der Waals surface area contributed by atoms with E-state index < -0.39 is 4.92 Å². The molecule has 0 amide bonds. The van der Waals surface area contributed by atoms with Crippen LogP contribution in [-0.4, -0.2) is 31.1 Å². The van der Waals surface area contributed by atoms with Crippen molar-refractivity contribution in [1.29, 1.82) is 5.26 Å². The van der Waals surface area contributed by atoms with Crippen LogP contribution in [0.2, 0.25) is 5.02 Å². The average molecular weight is 343 g/mol. The summed E-state index contributed by atoms with van der Waals surface area (Å²) in [5.74, 6) is 0. The molecule has 1 saturated heterocycles. The van der Waals surface area contributed by atoms with Crippen LogP contribution in [0.5, 0.6) is 0 Å². The molecule has 3 rings (SSSR count). The highest BCUT2D eigenvalue weighted by Gasteiger charge is 2.21. The molecule has 0 unspecified atom stereocenters. The van der Waals surface area contributed by atoms with Gasteiger partial charge >= 0.3 is 0 Å². The molecule has 0 radical (unpaired) electrons. The zero-order valence-electron chi connectivity index (χ0n) is 12.9. The number of halogens is 1. The van der Waals surface area contributed by atoms with Crippen LogP contribution in [0.15, 0.2) is 42.5 Å². The van der Waals surface area contributed by atoms with Gasteiger partial charge in [-0.15, -0.1) is 0 Å². The second kappa shape index (κ2) is 6.77. The molecule has 6 nitrogen and oxygen atoms in total. The first kappa shape index (κ1) is 16.1. The van der Waals surface area contributed by atoms with E-state index in [0.29, 0.717) is 10.6 Å². The van der Waals surface area contributed by atoms with Gasteiger partial charge in [-0.2, -0.15) is 5.26 Å². The van der Waals surface area contributed by atoms with Gasteiger partial charge in [-0.25, -0.2) is 0 Å². The highest BCUT2D eigenvalue weighted by atomic mass is 35.5. The van der Waals surface area contributed by atoms with Gasteiger partial charge in [0.2, 0.25) is 0 Å². The molecule has 24 heavy (non-hydrogen) atoms. The highest BCUT2D eigenvalue weighted by Crippen LogP contribution is 2.27. The Morgan fingerprint density at radius 3 is 2.42 bits per heavy atom. The van der Waals surface area contributed by atoms with E-state index in [2.05, 4.69) is 15.9 Å². The number of anilines is 2. The number of hydrogen-bond donors (Lipinski definition) is 0. The largest absolute Gasteiger partial charge is 0.368 e. The minimum Gasteiger partial charge on any atom is -0.368 e. The SMILES string of the molecule is N#Cc1cc([N+](=O)[O-])ccc1N1CCN(c2cccc(Cl)c2)CC1. The number of nitro benzene ring substituents is 1. The van der Waals surface area contributed by atoms with Gasteiger partial charge < -0.3 is 9.80 Å². The maximum Gasteiger partial charge on any atom is 0.270 e. The van der Waals surface area contributed by atoms with Crippen molar-refractivity contribution in [3.05, 3.63) is 63.2 Å². The summed E-state index contributed by atoms with van der Waals surface area (Å²) in [6, 6.07) is 14.2. The number of nitrogens with zero attached hydrogens (tertiary/aromatic N) is 4. The standard InChI is InChI=1S/C17H15ClN4O2/c18-14-2-1-3-15(11-14)20-6-8-21(9-7-20)17-5-4-16(22(23)24)10-13(17)12-19/h1-5,10-11H,6-9H2. The van der Waals surface area contributed by atoms with Gasteiger partial charge in [-0.1, -0.05) is 17.7 Å². The molecule has 0 atom stereocenters. The van der Waals surface area contributed by atoms with Gasteiger partial charge in [0.15, 0.2) is 0 Å². The normalized spacial score (nSPS) is 14.3. The summed E-state index contributed by atoms with van der Waals surface area (Å²) in [5, 5.41) is 20.8. The Balaban J connectivity index is 1.75. The summed E-state index contributed by atoms with van der Waals surface area (Å²) < 4.78 is 0. The molecule has 1 fully saturated rings. The zero-order valence-corrected chi connectivity index (χ0v) is 13.6. The first-order chi connectivity index (χ1) is 11.6. The smallest absolute Gasteiger partial charge is 0.270 e. The van der Waals surface area contributed by atoms with E-state index >= 15 is 0 Å². The fourth-order valence-electron chi connectivity index (χ4n) is 2.88. The van der Waals surface area contributed by atoms with Crippen LogP contribution < -0.4 is 9.80 Å². The molecule has 7 heteroatoms. The van der Waals surface area contributed by atoms with Crippen LogP contribution in [0.1, 0.15) is 5.56 Å². The van der Waals surface area contributed by atoms with Crippen molar-refractivity contribution in [2.45, 2.75) is 0 Å². The van der Waals surface area contributed by atoms with Gasteiger partial charge in [-0.05, 0) is 24.3 Å². The molecular weight excluding hydrogens is 328 g/mol. The van der Waals surface area contributed by atoms with Crippen molar-refractivity contribution >= 4 is 28.7 Å². The van der Waals surface area contributed by atoms with Crippen molar-refractivity contribution in [3.63, 3.8) is 0 Å². The molecule has 2 aromatic carbocycles. The van der Waals surface area contributed by atoms with E-state index in [1.807, 2.05) is 24.3 Å². The fraction of sp³-hybridized carbons (Fsp3) is 0.235. The number of nitriles is 1. The Bertz CT molecular complexity index is 810. The van der Waals surface area contributed by atoms with E-state index in [1.54, 1.807) is 6.07 Å². The fourth-order valence-corrected chi connectivity index (χ4v) is 3.07. The summed E-state index contributed by atoms with van der Waals surface area (Å²) in [7, 11) is 0. The third-order valence-corrected chi connectivity index (χ3v) is 4.34. The topological polar surface area (TPSA) is 73.4 Å². The van der Waals surface area contributed by atoms with E-state index in [1.165, 1.54) is 12.1 Å². The van der Waals surface area contributed by atoms with Crippen molar-refractivity contribution < 1.29 is 4.92 Å². The van der Waals surface area contributed by atoms with Crippen molar-refractivity contribution in [3.8, 4) is 6.07 Å². The lowest BCUT2D eigenvalue weighted by atomic mass is 10.1. The van der Waals surface area contributed by atoms with Gasteiger partial charge in [0.1, 0.15) is 6.07 Å². The monoisotopic (exact) mass is 342 g/mol. The number of hydrogen-bond acceptors (Lipinski definition) is 5. The van der Waals surface area contributed by atoms with Gasteiger partial charge in [-0.3, -0.25) is 10.1 Å². The number of rotatable bonds is 3. The molecule has 0 aromatic heterocycles. The first-order valence-corrected chi connectivity index (χ1v) is 7.90. The number of benzene rings is 2. The molecular formula is C17H15ClN4O2. The molecule has 1 heterocycles. The molecule has 0 spiro atoms.